The Kier molecular flexibility index (Phi) is 9.16. The van der Waals surface area contributed by atoms with E-state index in [1.54, 1.807) is 0 Å². The number of aromatic nitrogens is 1. The minimum atomic E-state index is -0.835. The molecule has 0 spiro atoms. The fourth-order valence-corrected chi connectivity index (χ4v) is 7.30. The van der Waals surface area contributed by atoms with Crippen molar-refractivity contribution in [1.82, 2.24) is 4.57 Å². The quantitative estimate of drug-likeness (QED) is 0.127. The van der Waals surface area contributed by atoms with Gasteiger partial charge in [0, 0.05) is 34.1 Å². The third-order valence-corrected chi connectivity index (χ3v) is 9.94. The van der Waals surface area contributed by atoms with Crippen molar-refractivity contribution in [3.63, 3.8) is 0 Å². The van der Waals surface area contributed by atoms with Crippen LogP contribution in [0.5, 0.6) is 11.5 Å². The SMILES string of the molecule is Cc1ccc(-c2c(C)c3cc(OCc4ccccc4)ccc3n2Cc2ccc(OC(c3ccccc3)(c3ccccc3)c3ccccc3)cc2)cc1. The molecule has 0 amide bonds. The maximum absolute atomic E-state index is 7.19. The second-order valence-corrected chi connectivity index (χ2v) is 13.4. The summed E-state index contributed by atoms with van der Waals surface area (Å²) >= 11 is 0. The van der Waals surface area contributed by atoms with Gasteiger partial charge in [-0.1, -0.05) is 163 Å². The van der Waals surface area contributed by atoms with Gasteiger partial charge in [-0.15, -0.1) is 0 Å². The van der Waals surface area contributed by atoms with E-state index in [9.17, 15) is 0 Å². The number of nitrogens with zero attached hydrogens (tertiary/aromatic N) is 1. The molecule has 0 saturated carbocycles. The lowest BCUT2D eigenvalue weighted by molar-refractivity contribution is 0.155. The minimum absolute atomic E-state index is 0.533. The van der Waals surface area contributed by atoms with E-state index in [1.165, 1.54) is 38.9 Å². The minimum Gasteiger partial charge on any atom is -0.489 e. The summed E-state index contributed by atoms with van der Waals surface area (Å²) in [6.07, 6.45) is 0. The Bertz CT molecular complexity index is 2280. The number of benzene rings is 7. The summed E-state index contributed by atoms with van der Waals surface area (Å²) in [5.74, 6) is 1.67. The van der Waals surface area contributed by atoms with Gasteiger partial charge in [-0.2, -0.15) is 0 Å². The molecule has 0 aliphatic carbocycles. The molecule has 3 heteroatoms. The molecule has 8 aromatic rings. The Labute approximate surface area is 306 Å². The van der Waals surface area contributed by atoms with Gasteiger partial charge in [-0.25, -0.2) is 0 Å². The fourth-order valence-electron chi connectivity index (χ4n) is 7.30. The molecule has 8 rings (SSSR count). The van der Waals surface area contributed by atoms with Crippen LogP contribution in [0.1, 0.15) is 38.9 Å². The number of hydrogen-bond donors (Lipinski definition) is 0. The van der Waals surface area contributed by atoms with E-state index >= 15 is 0 Å². The van der Waals surface area contributed by atoms with Crippen LogP contribution in [-0.2, 0) is 18.8 Å². The molecular weight excluding hydrogens is 635 g/mol. The fraction of sp³-hybridized carbons (Fsp3) is 0.102. The molecular formula is C49H41NO2. The van der Waals surface area contributed by atoms with E-state index in [0.717, 1.165) is 33.8 Å². The highest BCUT2D eigenvalue weighted by molar-refractivity contribution is 5.92. The Morgan fingerprint density at radius 1 is 0.500 bits per heavy atom. The average Bonchev–Trinajstić information content (AvgIpc) is 3.48. The van der Waals surface area contributed by atoms with Crippen molar-refractivity contribution in [2.45, 2.75) is 32.6 Å². The molecule has 0 bridgehead atoms. The lowest BCUT2D eigenvalue weighted by Crippen LogP contribution is -2.36. The van der Waals surface area contributed by atoms with Crippen molar-refractivity contribution in [3.05, 3.63) is 227 Å². The Hall–Kier alpha value is -6.32. The van der Waals surface area contributed by atoms with E-state index < -0.39 is 5.60 Å². The standard InChI is InChI=1S/C49H41NO2/c1-36-23-27-40(28-24-36)48-37(2)46-33-45(51-35-39-15-7-3-8-16-39)31-32-47(46)50(48)34-38-25-29-44(30-26-38)52-49(41-17-9-4-10-18-41,42-19-11-5-12-20-42)43-21-13-6-14-22-43/h3-33H,34-35H2,1-2H3. The van der Waals surface area contributed by atoms with Crippen LogP contribution in [0.15, 0.2) is 188 Å². The average molecular weight is 676 g/mol. The number of fused-ring (bicyclic) bond motifs is 1. The van der Waals surface area contributed by atoms with Crippen LogP contribution in [0.25, 0.3) is 22.2 Å². The molecule has 3 nitrogen and oxygen atoms in total. The molecule has 7 aromatic carbocycles. The zero-order valence-electron chi connectivity index (χ0n) is 29.6. The Morgan fingerprint density at radius 3 is 1.58 bits per heavy atom. The topological polar surface area (TPSA) is 23.4 Å². The van der Waals surface area contributed by atoms with E-state index in [0.29, 0.717) is 13.2 Å². The Balaban J connectivity index is 1.16. The second-order valence-electron chi connectivity index (χ2n) is 13.4. The molecule has 0 N–H and O–H groups in total. The first-order chi connectivity index (χ1) is 25.6. The van der Waals surface area contributed by atoms with Crippen LogP contribution in [0, 0.1) is 13.8 Å². The smallest absolute Gasteiger partial charge is 0.184 e. The molecule has 0 unspecified atom stereocenters. The molecule has 1 heterocycles. The highest BCUT2D eigenvalue weighted by atomic mass is 16.5. The van der Waals surface area contributed by atoms with Crippen LogP contribution in [0.2, 0.25) is 0 Å². The summed E-state index contributed by atoms with van der Waals surface area (Å²) in [5, 5.41) is 1.19. The predicted octanol–water partition coefficient (Wildman–Crippen LogP) is 11.9. The first kappa shape index (κ1) is 32.9. The summed E-state index contributed by atoms with van der Waals surface area (Å²) in [6.45, 7) is 5.60. The third-order valence-electron chi connectivity index (χ3n) is 9.94. The zero-order valence-corrected chi connectivity index (χ0v) is 29.6. The lowest BCUT2D eigenvalue weighted by Gasteiger charge is -2.36. The van der Waals surface area contributed by atoms with Gasteiger partial charge >= 0.3 is 0 Å². The van der Waals surface area contributed by atoms with E-state index in [-0.39, 0.29) is 0 Å². The molecule has 52 heavy (non-hydrogen) atoms. The van der Waals surface area contributed by atoms with E-state index in [4.69, 9.17) is 9.47 Å². The van der Waals surface area contributed by atoms with Gasteiger partial charge in [0.05, 0.1) is 5.69 Å². The van der Waals surface area contributed by atoms with Crippen LogP contribution in [0.4, 0.5) is 0 Å². The summed E-state index contributed by atoms with van der Waals surface area (Å²) in [5.41, 5.74) is 10.8. The maximum Gasteiger partial charge on any atom is 0.184 e. The highest BCUT2D eigenvalue weighted by Gasteiger charge is 2.39. The number of rotatable bonds is 11. The second kappa shape index (κ2) is 14.5. The highest BCUT2D eigenvalue weighted by Crippen LogP contribution is 2.42. The van der Waals surface area contributed by atoms with Gasteiger partial charge in [0.25, 0.3) is 0 Å². The number of ether oxygens (including phenoxy) is 2. The lowest BCUT2D eigenvalue weighted by atomic mass is 9.80. The first-order valence-electron chi connectivity index (χ1n) is 17.9. The van der Waals surface area contributed by atoms with Crippen LogP contribution >= 0.6 is 0 Å². The van der Waals surface area contributed by atoms with Crippen molar-refractivity contribution >= 4 is 10.9 Å². The van der Waals surface area contributed by atoms with Gasteiger partial charge in [-0.3, -0.25) is 0 Å². The number of aryl methyl sites for hydroxylation is 2. The summed E-state index contributed by atoms with van der Waals surface area (Å²) < 4.78 is 15.9. The molecule has 0 fully saturated rings. The monoisotopic (exact) mass is 675 g/mol. The van der Waals surface area contributed by atoms with Crippen LogP contribution in [-0.4, -0.2) is 4.57 Å². The number of hydrogen-bond acceptors (Lipinski definition) is 2. The summed E-state index contributed by atoms with van der Waals surface area (Å²) in [7, 11) is 0. The third kappa shape index (κ3) is 6.50. The largest absolute Gasteiger partial charge is 0.489 e. The first-order valence-corrected chi connectivity index (χ1v) is 17.9. The van der Waals surface area contributed by atoms with E-state index in [1.807, 2.05) is 18.2 Å². The molecule has 0 atom stereocenters. The summed E-state index contributed by atoms with van der Waals surface area (Å²) in [4.78, 5) is 0. The van der Waals surface area contributed by atoms with Crippen LogP contribution in [0.3, 0.4) is 0 Å². The molecule has 0 aliphatic rings. The normalized spacial score (nSPS) is 11.4. The van der Waals surface area contributed by atoms with Crippen molar-refractivity contribution < 1.29 is 9.47 Å². The van der Waals surface area contributed by atoms with Crippen molar-refractivity contribution in [2.24, 2.45) is 0 Å². The molecule has 254 valence electrons. The molecule has 1 aromatic heterocycles. The Morgan fingerprint density at radius 2 is 1.02 bits per heavy atom. The molecule has 0 aliphatic heterocycles. The van der Waals surface area contributed by atoms with Crippen molar-refractivity contribution in [3.8, 4) is 22.8 Å². The van der Waals surface area contributed by atoms with E-state index in [2.05, 4.69) is 188 Å². The van der Waals surface area contributed by atoms with Gasteiger partial charge in [0.2, 0.25) is 0 Å². The van der Waals surface area contributed by atoms with Gasteiger partial charge in [0.1, 0.15) is 18.1 Å². The van der Waals surface area contributed by atoms with Gasteiger partial charge in [-0.05, 0) is 66.4 Å². The van der Waals surface area contributed by atoms with Crippen molar-refractivity contribution in [1.29, 1.82) is 0 Å². The summed E-state index contributed by atoms with van der Waals surface area (Å²) in [6, 6.07) is 65.8. The molecule has 0 saturated heterocycles. The maximum atomic E-state index is 7.19. The van der Waals surface area contributed by atoms with Gasteiger partial charge < -0.3 is 14.0 Å². The predicted molar refractivity (Wildman–Crippen MR) is 213 cm³/mol. The van der Waals surface area contributed by atoms with Crippen LogP contribution < -0.4 is 9.47 Å². The van der Waals surface area contributed by atoms with Crippen molar-refractivity contribution in [2.75, 3.05) is 0 Å². The zero-order chi connectivity index (χ0) is 35.3. The molecule has 0 radical (unpaired) electrons. The van der Waals surface area contributed by atoms with Gasteiger partial charge in [0.15, 0.2) is 5.60 Å².